The fraction of sp³-hybridized carbons (Fsp3) is 0.262. The predicted octanol–water partition coefficient (Wildman–Crippen LogP) is 6.65. The van der Waals surface area contributed by atoms with Crippen molar-refractivity contribution in [2.75, 3.05) is 24.0 Å². The van der Waals surface area contributed by atoms with Gasteiger partial charge in [0.05, 0.1) is 48.8 Å². The summed E-state index contributed by atoms with van der Waals surface area (Å²) in [5.41, 5.74) is 2.92. The van der Waals surface area contributed by atoms with Crippen LogP contribution in [0, 0.1) is 29.1 Å². The van der Waals surface area contributed by atoms with E-state index in [9.17, 15) is 24.3 Å². The molecule has 4 amide bonds. The molecule has 2 aliphatic heterocycles. The molecule has 11 heteroatoms. The number of fused-ring (bicyclic) bond motifs is 5. The van der Waals surface area contributed by atoms with E-state index in [1.165, 1.54) is 36.2 Å². The number of para-hydroxylation sites is 3. The number of phenolic OH excluding ortho intramolecular Hbond substituents is 1. The number of hydrogen-bond acceptors (Lipinski definition) is 9. The first-order chi connectivity index (χ1) is 25.6. The van der Waals surface area contributed by atoms with Gasteiger partial charge >= 0.3 is 0 Å². The van der Waals surface area contributed by atoms with Gasteiger partial charge in [-0.05, 0) is 74.2 Å². The standard InChI is InChI=1S/C42H35N3O8/c1-42-29(39(48)45(41(42)50)23-9-5-4-6-10-23)21-28-26(36(42)35-32(51-2)19-25(46)20-33(35)52-3)17-18-27-34(28)40(49)44(38(27)47)24-15-13-22(14-16-24)37-43-30-11-7-8-12-31(30)53-37/h4-17,19-20,27-29,34,36,46H,18,21H2,1-3H3. The van der Waals surface area contributed by atoms with Crippen molar-refractivity contribution in [1.82, 2.24) is 4.98 Å². The molecule has 2 saturated heterocycles. The number of allylic oxidation sites excluding steroid dienone is 2. The molecule has 53 heavy (non-hydrogen) atoms. The maximum absolute atomic E-state index is 14.8. The average molecular weight is 710 g/mol. The van der Waals surface area contributed by atoms with Crippen LogP contribution in [0.4, 0.5) is 11.4 Å². The van der Waals surface area contributed by atoms with E-state index in [0.29, 0.717) is 34.0 Å². The largest absolute Gasteiger partial charge is 0.508 e. The lowest BCUT2D eigenvalue weighted by Crippen LogP contribution is -2.49. The number of anilines is 2. The minimum Gasteiger partial charge on any atom is -0.508 e. The molecule has 0 spiro atoms. The minimum atomic E-state index is -1.31. The van der Waals surface area contributed by atoms with Gasteiger partial charge in [0.1, 0.15) is 22.8 Å². The number of carbonyl (C=O) groups excluding carboxylic acids is 4. The maximum Gasteiger partial charge on any atom is 0.241 e. The molecule has 3 fully saturated rings. The van der Waals surface area contributed by atoms with Crippen molar-refractivity contribution in [3.8, 4) is 28.7 Å². The summed E-state index contributed by atoms with van der Waals surface area (Å²) in [5.74, 6) is -4.10. The van der Waals surface area contributed by atoms with Gasteiger partial charge in [0.15, 0.2) is 5.58 Å². The van der Waals surface area contributed by atoms with E-state index >= 15 is 0 Å². The normalized spacial score (nSPS) is 26.4. The predicted molar refractivity (Wildman–Crippen MR) is 194 cm³/mol. The number of aromatic hydroxyl groups is 1. The van der Waals surface area contributed by atoms with E-state index in [1.807, 2.05) is 36.4 Å². The molecule has 1 aromatic heterocycles. The van der Waals surface area contributed by atoms with Crippen LogP contribution in [-0.4, -0.2) is 47.9 Å². The molecular formula is C42H35N3O8. The Morgan fingerprint density at radius 1 is 0.792 bits per heavy atom. The summed E-state index contributed by atoms with van der Waals surface area (Å²) < 4.78 is 17.5. The zero-order chi connectivity index (χ0) is 36.8. The number of benzene rings is 4. The van der Waals surface area contributed by atoms with Crippen molar-refractivity contribution < 1.29 is 38.2 Å². The molecule has 3 heterocycles. The highest BCUT2D eigenvalue weighted by Gasteiger charge is 2.68. The van der Waals surface area contributed by atoms with Crippen molar-refractivity contribution in [3.63, 3.8) is 0 Å². The number of phenols is 1. The van der Waals surface area contributed by atoms with Crippen molar-refractivity contribution in [1.29, 1.82) is 0 Å². The quantitative estimate of drug-likeness (QED) is 0.152. The van der Waals surface area contributed by atoms with Gasteiger partial charge < -0.3 is 19.0 Å². The third-order valence-electron chi connectivity index (χ3n) is 11.8. The van der Waals surface area contributed by atoms with E-state index in [-0.39, 0.29) is 53.7 Å². The molecule has 0 bridgehead atoms. The number of aromatic nitrogens is 1. The van der Waals surface area contributed by atoms with E-state index in [0.717, 1.165) is 11.1 Å². The fourth-order valence-corrected chi connectivity index (χ4v) is 9.36. The summed E-state index contributed by atoms with van der Waals surface area (Å²) in [6, 6.07) is 26.2. The van der Waals surface area contributed by atoms with Gasteiger partial charge in [-0.2, -0.15) is 0 Å². The van der Waals surface area contributed by atoms with E-state index < -0.39 is 35.0 Å². The SMILES string of the molecule is COc1cc(O)cc(OC)c1C1C2=CCC3C(=O)N(c4ccc(-c5nc6ccccc6o5)cc4)C(=O)C3C2CC2C(=O)N(c3ccccc3)C(=O)C21C. The number of oxazole rings is 1. The lowest BCUT2D eigenvalue weighted by Gasteiger charge is -2.49. The Bertz CT molecular complexity index is 2330. The summed E-state index contributed by atoms with van der Waals surface area (Å²) in [6.07, 6.45) is 2.43. The van der Waals surface area contributed by atoms with Gasteiger partial charge in [-0.3, -0.25) is 24.1 Å². The monoisotopic (exact) mass is 709 g/mol. The molecule has 11 nitrogen and oxygen atoms in total. The first-order valence-electron chi connectivity index (χ1n) is 17.6. The first kappa shape index (κ1) is 32.7. The van der Waals surface area contributed by atoms with E-state index in [2.05, 4.69) is 4.98 Å². The molecule has 266 valence electrons. The van der Waals surface area contributed by atoms with Crippen molar-refractivity contribution in [3.05, 3.63) is 108 Å². The summed E-state index contributed by atoms with van der Waals surface area (Å²) >= 11 is 0. The number of methoxy groups -OCH3 is 2. The molecule has 1 saturated carbocycles. The van der Waals surface area contributed by atoms with Crippen LogP contribution < -0.4 is 19.3 Å². The van der Waals surface area contributed by atoms with Crippen molar-refractivity contribution in [2.24, 2.45) is 29.1 Å². The van der Waals surface area contributed by atoms with Gasteiger partial charge in [0, 0.05) is 29.2 Å². The van der Waals surface area contributed by atoms with Crippen molar-refractivity contribution >= 4 is 46.1 Å². The summed E-state index contributed by atoms with van der Waals surface area (Å²) in [7, 11) is 2.93. The summed E-state index contributed by atoms with van der Waals surface area (Å²) in [4.78, 5) is 65.1. The van der Waals surface area contributed by atoms with Crippen LogP contribution in [0.5, 0.6) is 17.2 Å². The van der Waals surface area contributed by atoms with Crippen LogP contribution in [0.1, 0.15) is 31.2 Å². The van der Waals surface area contributed by atoms with Crippen LogP contribution >= 0.6 is 0 Å². The molecule has 6 unspecified atom stereocenters. The Morgan fingerprint density at radius 3 is 2.13 bits per heavy atom. The molecule has 2 aliphatic carbocycles. The van der Waals surface area contributed by atoms with E-state index in [1.54, 1.807) is 55.5 Å². The zero-order valence-corrected chi connectivity index (χ0v) is 29.2. The smallest absolute Gasteiger partial charge is 0.241 e. The second-order valence-corrected chi connectivity index (χ2v) is 14.3. The molecular weight excluding hydrogens is 674 g/mol. The molecule has 0 radical (unpaired) electrons. The molecule has 1 N–H and O–H groups in total. The average Bonchev–Trinajstić information content (AvgIpc) is 3.78. The zero-order valence-electron chi connectivity index (χ0n) is 29.2. The van der Waals surface area contributed by atoms with Crippen LogP contribution in [0.15, 0.2) is 107 Å². The Hall–Kier alpha value is -6.23. The van der Waals surface area contributed by atoms with Crippen molar-refractivity contribution in [2.45, 2.75) is 25.7 Å². The highest BCUT2D eigenvalue weighted by Crippen LogP contribution is 2.65. The van der Waals surface area contributed by atoms with Crippen LogP contribution in [0.3, 0.4) is 0 Å². The second-order valence-electron chi connectivity index (χ2n) is 14.3. The van der Waals surface area contributed by atoms with E-state index in [4.69, 9.17) is 13.9 Å². The number of nitrogens with zero attached hydrogens (tertiary/aromatic N) is 3. The van der Waals surface area contributed by atoms with Gasteiger partial charge in [0.2, 0.25) is 29.5 Å². The lowest BCUT2D eigenvalue weighted by atomic mass is 9.51. The fourth-order valence-electron chi connectivity index (χ4n) is 9.36. The van der Waals surface area contributed by atoms with Gasteiger partial charge in [0.25, 0.3) is 0 Å². The highest BCUT2D eigenvalue weighted by atomic mass is 16.5. The van der Waals surface area contributed by atoms with Crippen LogP contribution in [-0.2, 0) is 19.2 Å². The highest BCUT2D eigenvalue weighted by molar-refractivity contribution is 6.25. The Kier molecular flexibility index (Phi) is 7.34. The van der Waals surface area contributed by atoms with Crippen LogP contribution in [0.25, 0.3) is 22.6 Å². The number of hydrogen-bond donors (Lipinski definition) is 1. The Balaban J connectivity index is 1.13. The Morgan fingerprint density at radius 2 is 1.45 bits per heavy atom. The summed E-state index contributed by atoms with van der Waals surface area (Å²) in [5, 5.41) is 10.6. The molecule has 5 aromatic rings. The van der Waals surface area contributed by atoms with Crippen LogP contribution in [0.2, 0.25) is 0 Å². The lowest BCUT2D eigenvalue weighted by molar-refractivity contribution is -0.131. The first-order valence-corrected chi connectivity index (χ1v) is 17.6. The summed E-state index contributed by atoms with van der Waals surface area (Å²) in [6.45, 7) is 1.80. The molecule has 6 atom stereocenters. The molecule has 4 aliphatic rings. The number of ether oxygens (including phenoxy) is 2. The number of imide groups is 2. The third-order valence-corrected chi connectivity index (χ3v) is 11.8. The van der Waals surface area contributed by atoms with Gasteiger partial charge in [-0.1, -0.05) is 42.0 Å². The Labute approximate surface area is 304 Å². The van der Waals surface area contributed by atoms with Gasteiger partial charge in [-0.25, -0.2) is 9.88 Å². The topological polar surface area (TPSA) is 139 Å². The molecule has 4 aromatic carbocycles. The van der Waals surface area contributed by atoms with Gasteiger partial charge in [-0.15, -0.1) is 0 Å². The third kappa shape index (κ3) is 4.62. The minimum absolute atomic E-state index is 0.0942. The number of amides is 4. The second kappa shape index (κ2) is 11.9. The maximum atomic E-state index is 14.8. The number of rotatable bonds is 6. The number of carbonyl (C=O) groups is 4. The molecule has 9 rings (SSSR count).